The third-order valence-electron chi connectivity index (χ3n) is 3.90. The van der Waals surface area contributed by atoms with Crippen LogP contribution in [0.2, 0.25) is 5.02 Å². The molecule has 0 saturated carbocycles. The molecule has 0 bridgehead atoms. The smallest absolute Gasteiger partial charge is 0.373 e. The number of halogens is 1. The minimum Gasteiger partial charge on any atom is -0.433 e. The van der Waals surface area contributed by atoms with Crippen LogP contribution in [0, 0.1) is 10.1 Å². The molecule has 2 aromatic heterocycles. The van der Waals surface area contributed by atoms with Gasteiger partial charge in [0.1, 0.15) is 17.9 Å². The molecular weight excluding hydrogens is 382 g/mol. The number of rotatable bonds is 5. The van der Waals surface area contributed by atoms with E-state index in [9.17, 15) is 10.1 Å². The minimum atomic E-state index is -0.598. The van der Waals surface area contributed by atoms with Crippen molar-refractivity contribution in [1.82, 2.24) is 15.0 Å². The van der Waals surface area contributed by atoms with Crippen LogP contribution in [0.3, 0.4) is 0 Å². The first-order valence-electron chi connectivity index (χ1n) is 8.15. The van der Waals surface area contributed by atoms with Crippen LogP contribution in [0.4, 0.5) is 17.3 Å². The van der Waals surface area contributed by atoms with Crippen LogP contribution in [-0.4, -0.2) is 19.9 Å². The number of ether oxygens (including phenoxy) is 1. The number of hydrogen-bond acceptors (Lipinski definition) is 7. The van der Waals surface area contributed by atoms with Crippen LogP contribution in [0.1, 0.15) is 0 Å². The molecule has 0 fully saturated rings. The van der Waals surface area contributed by atoms with E-state index in [2.05, 4.69) is 20.3 Å². The fourth-order valence-electron chi connectivity index (χ4n) is 2.65. The van der Waals surface area contributed by atoms with Gasteiger partial charge in [0.05, 0.1) is 9.95 Å². The van der Waals surface area contributed by atoms with E-state index in [0.717, 1.165) is 10.8 Å². The van der Waals surface area contributed by atoms with E-state index in [1.807, 2.05) is 36.4 Å². The Balaban J connectivity index is 1.74. The first-order chi connectivity index (χ1) is 13.6. The molecule has 0 saturated heterocycles. The Hall–Kier alpha value is -3.78. The number of anilines is 2. The van der Waals surface area contributed by atoms with E-state index >= 15 is 0 Å². The Bertz CT molecular complexity index is 1160. The largest absolute Gasteiger partial charge is 0.433 e. The van der Waals surface area contributed by atoms with E-state index in [0.29, 0.717) is 16.6 Å². The molecule has 1 N–H and O–H groups in total. The third-order valence-corrected chi connectivity index (χ3v) is 4.12. The quantitative estimate of drug-likeness (QED) is 0.370. The van der Waals surface area contributed by atoms with Crippen LogP contribution >= 0.6 is 11.6 Å². The Morgan fingerprint density at radius 2 is 1.82 bits per heavy atom. The first kappa shape index (κ1) is 17.6. The zero-order valence-electron chi connectivity index (χ0n) is 14.2. The maximum atomic E-state index is 11.7. The monoisotopic (exact) mass is 393 g/mol. The number of pyridine rings is 1. The molecule has 0 amide bonds. The van der Waals surface area contributed by atoms with Gasteiger partial charge < -0.3 is 10.1 Å². The van der Waals surface area contributed by atoms with E-state index in [-0.39, 0.29) is 11.7 Å². The van der Waals surface area contributed by atoms with Crippen molar-refractivity contribution in [1.29, 1.82) is 0 Å². The lowest BCUT2D eigenvalue weighted by atomic mass is 10.1. The van der Waals surface area contributed by atoms with Gasteiger partial charge in [-0.25, -0.2) is 9.97 Å². The third kappa shape index (κ3) is 3.53. The van der Waals surface area contributed by atoms with E-state index < -0.39 is 10.6 Å². The standard InChI is InChI=1S/C19H12ClN5O3/c20-13-8-9-16(21-10-13)24-18-17(25(26)27)19(23-11-22-18)28-15-7-3-5-12-4-1-2-6-14(12)15/h1-11H,(H,21,22,23,24). The molecule has 28 heavy (non-hydrogen) atoms. The molecule has 0 spiro atoms. The Morgan fingerprint density at radius 3 is 2.61 bits per heavy atom. The summed E-state index contributed by atoms with van der Waals surface area (Å²) in [5, 5.41) is 16.7. The van der Waals surface area contributed by atoms with Crippen molar-refractivity contribution < 1.29 is 9.66 Å². The number of aromatic nitrogens is 3. The van der Waals surface area contributed by atoms with E-state index in [1.54, 1.807) is 18.2 Å². The van der Waals surface area contributed by atoms with E-state index in [4.69, 9.17) is 16.3 Å². The fourth-order valence-corrected chi connectivity index (χ4v) is 2.77. The van der Waals surface area contributed by atoms with Crippen LogP contribution in [0.25, 0.3) is 10.8 Å². The van der Waals surface area contributed by atoms with Gasteiger partial charge in [0.15, 0.2) is 0 Å². The first-order valence-corrected chi connectivity index (χ1v) is 8.53. The molecule has 138 valence electrons. The molecule has 0 aliphatic carbocycles. The van der Waals surface area contributed by atoms with Gasteiger partial charge in [-0.3, -0.25) is 10.1 Å². The number of hydrogen-bond donors (Lipinski definition) is 1. The zero-order chi connectivity index (χ0) is 19.5. The number of fused-ring (bicyclic) bond motifs is 1. The Kier molecular flexibility index (Phi) is 4.69. The molecule has 2 heterocycles. The maximum absolute atomic E-state index is 11.7. The van der Waals surface area contributed by atoms with Gasteiger partial charge in [0, 0.05) is 11.6 Å². The maximum Gasteiger partial charge on any atom is 0.373 e. The highest BCUT2D eigenvalue weighted by atomic mass is 35.5. The van der Waals surface area contributed by atoms with Crippen molar-refractivity contribution in [2.24, 2.45) is 0 Å². The van der Waals surface area contributed by atoms with Crippen molar-refractivity contribution in [3.63, 3.8) is 0 Å². The van der Waals surface area contributed by atoms with Gasteiger partial charge in [0.25, 0.3) is 0 Å². The summed E-state index contributed by atoms with van der Waals surface area (Å²) < 4.78 is 5.81. The highest BCUT2D eigenvalue weighted by molar-refractivity contribution is 6.30. The van der Waals surface area contributed by atoms with Crippen LogP contribution in [0.5, 0.6) is 11.6 Å². The molecule has 0 atom stereocenters. The second-order valence-corrected chi connectivity index (χ2v) is 6.14. The van der Waals surface area contributed by atoms with Crippen molar-refractivity contribution in [2.45, 2.75) is 0 Å². The number of benzene rings is 2. The number of nitrogens with zero attached hydrogens (tertiary/aromatic N) is 4. The van der Waals surface area contributed by atoms with Gasteiger partial charge >= 0.3 is 11.6 Å². The average molecular weight is 394 g/mol. The lowest BCUT2D eigenvalue weighted by Crippen LogP contribution is -2.04. The summed E-state index contributed by atoms with van der Waals surface area (Å²) in [6, 6.07) is 16.2. The van der Waals surface area contributed by atoms with E-state index in [1.165, 1.54) is 12.5 Å². The highest BCUT2D eigenvalue weighted by Gasteiger charge is 2.26. The molecule has 4 aromatic rings. The van der Waals surface area contributed by atoms with Gasteiger partial charge in [-0.1, -0.05) is 48.0 Å². The second-order valence-electron chi connectivity index (χ2n) is 5.70. The molecule has 0 aliphatic rings. The molecule has 8 nitrogen and oxygen atoms in total. The number of nitrogens with one attached hydrogen (secondary N) is 1. The summed E-state index contributed by atoms with van der Waals surface area (Å²) in [5.41, 5.74) is -0.396. The van der Waals surface area contributed by atoms with Gasteiger partial charge in [0.2, 0.25) is 5.82 Å². The molecule has 2 aromatic carbocycles. The topological polar surface area (TPSA) is 103 Å². The van der Waals surface area contributed by atoms with Crippen LogP contribution in [-0.2, 0) is 0 Å². The van der Waals surface area contributed by atoms with Crippen LogP contribution < -0.4 is 10.1 Å². The summed E-state index contributed by atoms with van der Waals surface area (Å²) in [7, 11) is 0. The SMILES string of the molecule is O=[N+]([O-])c1c(Nc2ccc(Cl)cn2)ncnc1Oc1cccc2ccccc12. The predicted octanol–water partition coefficient (Wildman–Crippen LogP) is 5.12. The van der Waals surface area contributed by atoms with Crippen LogP contribution in [0.15, 0.2) is 67.1 Å². The molecule has 0 aliphatic heterocycles. The second kappa shape index (κ2) is 7.45. The summed E-state index contributed by atoms with van der Waals surface area (Å²) in [5.74, 6) is 0.593. The molecule has 9 heteroatoms. The lowest BCUT2D eigenvalue weighted by Gasteiger charge is -2.10. The summed E-state index contributed by atoms with van der Waals surface area (Å²) in [6.45, 7) is 0. The normalized spacial score (nSPS) is 10.6. The minimum absolute atomic E-state index is 0.0370. The Morgan fingerprint density at radius 1 is 1.00 bits per heavy atom. The van der Waals surface area contributed by atoms with Gasteiger partial charge in [-0.2, -0.15) is 4.98 Å². The highest BCUT2D eigenvalue weighted by Crippen LogP contribution is 2.37. The Labute approximate surface area is 164 Å². The summed E-state index contributed by atoms with van der Waals surface area (Å²) in [4.78, 5) is 23.1. The van der Waals surface area contributed by atoms with Gasteiger partial charge in [-0.05, 0) is 23.6 Å². The van der Waals surface area contributed by atoms with Crippen molar-refractivity contribution in [2.75, 3.05) is 5.32 Å². The molecule has 4 rings (SSSR count). The average Bonchev–Trinajstić information content (AvgIpc) is 2.70. The fraction of sp³-hybridized carbons (Fsp3) is 0. The predicted molar refractivity (Wildman–Crippen MR) is 105 cm³/mol. The van der Waals surface area contributed by atoms with Crippen molar-refractivity contribution >= 4 is 39.7 Å². The van der Waals surface area contributed by atoms with Crippen molar-refractivity contribution in [3.8, 4) is 11.6 Å². The summed E-state index contributed by atoms with van der Waals surface area (Å²) in [6.07, 6.45) is 2.61. The van der Waals surface area contributed by atoms with Gasteiger partial charge in [-0.15, -0.1) is 0 Å². The zero-order valence-corrected chi connectivity index (χ0v) is 15.0. The number of nitro groups is 1. The molecular formula is C19H12ClN5O3. The molecule has 0 unspecified atom stereocenters. The molecule has 0 radical (unpaired) electrons. The lowest BCUT2D eigenvalue weighted by molar-refractivity contribution is -0.385. The summed E-state index contributed by atoms with van der Waals surface area (Å²) >= 11 is 5.82. The van der Waals surface area contributed by atoms with Crippen molar-refractivity contribution in [3.05, 3.63) is 82.3 Å².